The second-order valence-electron chi connectivity index (χ2n) is 4.29. The quantitative estimate of drug-likeness (QED) is 0.840. The van der Waals surface area contributed by atoms with E-state index in [2.05, 4.69) is 36.0 Å². The van der Waals surface area contributed by atoms with Gasteiger partial charge in [-0.2, -0.15) is 5.10 Å². The van der Waals surface area contributed by atoms with Gasteiger partial charge < -0.3 is 10.0 Å². The maximum absolute atomic E-state index is 9.52. The zero-order chi connectivity index (χ0) is 11.8. The number of aromatic amines is 1. The fraction of sp³-hybridized carbons (Fsp3) is 0.455. The van der Waals surface area contributed by atoms with Gasteiger partial charge >= 0.3 is 0 Å². The van der Waals surface area contributed by atoms with Crippen molar-refractivity contribution in [2.75, 3.05) is 18.0 Å². The molecule has 3 heterocycles. The van der Waals surface area contributed by atoms with Crippen LogP contribution in [0.5, 0.6) is 0 Å². The summed E-state index contributed by atoms with van der Waals surface area (Å²) >= 11 is 3.37. The van der Waals surface area contributed by atoms with Crippen LogP contribution in [0.15, 0.2) is 16.9 Å². The summed E-state index contributed by atoms with van der Waals surface area (Å²) in [5.74, 6) is 0. The van der Waals surface area contributed by atoms with Gasteiger partial charge in [-0.05, 0) is 34.8 Å². The molecule has 0 bridgehead atoms. The largest absolute Gasteiger partial charge is 0.393 e. The van der Waals surface area contributed by atoms with E-state index in [1.807, 2.05) is 6.07 Å². The minimum absolute atomic E-state index is 0.155. The normalized spacial score (nSPS) is 17.9. The first-order valence-electron chi connectivity index (χ1n) is 5.67. The lowest BCUT2D eigenvalue weighted by atomic mass is 10.1. The Hall–Kier alpha value is -1.14. The number of hydrogen-bond donors (Lipinski definition) is 2. The summed E-state index contributed by atoms with van der Waals surface area (Å²) in [6, 6.07) is 1.99. The number of H-pyrrole nitrogens is 1. The first-order valence-corrected chi connectivity index (χ1v) is 6.46. The fourth-order valence-corrected chi connectivity index (χ4v) is 2.64. The van der Waals surface area contributed by atoms with Crippen LogP contribution in [0.2, 0.25) is 0 Å². The van der Waals surface area contributed by atoms with Gasteiger partial charge in [-0.25, -0.2) is 0 Å². The average molecular weight is 297 g/mol. The molecule has 0 aliphatic carbocycles. The summed E-state index contributed by atoms with van der Waals surface area (Å²) in [6.07, 6.45) is 3.28. The fourth-order valence-electron chi connectivity index (χ4n) is 2.25. The molecule has 0 spiro atoms. The molecule has 2 aromatic heterocycles. The molecule has 1 saturated heterocycles. The smallest absolute Gasteiger partial charge is 0.154 e. The highest BCUT2D eigenvalue weighted by Gasteiger charge is 2.20. The average Bonchev–Trinajstić information content (AvgIpc) is 2.73. The zero-order valence-corrected chi connectivity index (χ0v) is 10.8. The van der Waals surface area contributed by atoms with Gasteiger partial charge in [-0.3, -0.25) is 10.1 Å². The van der Waals surface area contributed by atoms with Gasteiger partial charge in [0.25, 0.3) is 0 Å². The Balaban J connectivity index is 2.00. The minimum Gasteiger partial charge on any atom is -0.393 e. The third-order valence-corrected chi connectivity index (χ3v) is 3.75. The molecule has 0 saturated carbocycles. The molecule has 0 atom stereocenters. The van der Waals surface area contributed by atoms with Crippen LogP contribution in [0.3, 0.4) is 0 Å². The zero-order valence-electron chi connectivity index (χ0n) is 9.23. The first-order chi connectivity index (χ1) is 8.25. The van der Waals surface area contributed by atoms with Crippen molar-refractivity contribution in [1.82, 2.24) is 15.2 Å². The van der Waals surface area contributed by atoms with Crippen molar-refractivity contribution < 1.29 is 5.11 Å². The van der Waals surface area contributed by atoms with E-state index >= 15 is 0 Å². The second-order valence-corrected chi connectivity index (χ2v) is 5.04. The summed E-state index contributed by atoms with van der Waals surface area (Å²) in [6.45, 7) is 1.74. The molecule has 0 amide bonds. The Morgan fingerprint density at radius 1 is 1.41 bits per heavy atom. The Morgan fingerprint density at radius 3 is 2.94 bits per heavy atom. The van der Waals surface area contributed by atoms with Crippen molar-refractivity contribution in [1.29, 1.82) is 0 Å². The van der Waals surface area contributed by atoms with E-state index < -0.39 is 0 Å². The van der Waals surface area contributed by atoms with E-state index in [-0.39, 0.29) is 6.10 Å². The molecule has 1 aliphatic heterocycles. The first kappa shape index (κ1) is 11.0. The van der Waals surface area contributed by atoms with Crippen LogP contribution in [-0.2, 0) is 0 Å². The van der Waals surface area contributed by atoms with Crippen LogP contribution in [0.4, 0.5) is 5.69 Å². The third kappa shape index (κ3) is 1.91. The number of halogens is 1. The van der Waals surface area contributed by atoms with E-state index in [0.717, 1.165) is 47.3 Å². The van der Waals surface area contributed by atoms with Crippen LogP contribution in [0.1, 0.15) is 12.8 Å². The molecule has 2 aromatic rings. The topological polar surface area (TPSA) is 65.0 Å². The third-order valence-electron chi connectivity index (χ3n) is 3.20. The van der Waals surface area contributed by atoms with Crippen molar-refractivity contribution in [2.45, 2.75) is 18.9 Å². The standard InChI is InChI=1S/C11H13BrN4O/c12-11-10-9(14-15-11)8(1-4-13-10)16-5-2-7(17)3-6-16/h1,4,7,17H,2-3,5-6H2,(H,14,15). The number of nitrogens with zero attached hydrogens (tertiary/aromatic N) is 3. The predicted octanol–water partition coefficient (Wildman–Crippen LogP) is 1.68. The lowest BCUT2D eigenvalue weighted by Gasteiger charge is -2.31. The highest BCUT2D eigenvalue weighted by molar-refractivity contribution is 9.10. The number of piperidine rings is 1. The Kier molecular flexibility index (Phi) is 2.76. The van der Waals surface area contributed by atoms with Gasteiger partial charge in [0.05, 0.1) is 11.8 Å². The van der Waals surface area contributed by atoms with E-state index in [1.165, 1.54) is 0 Å². The Morgan fingerprint density at radius 2 is 2.18 bits per heavy atom. The van der Waals surface area contributed by atoms with E-state index in [1.54, 1.807) is 6.20 Å². The minimum atomic E-state index is -0.155. The molecular weight excluding hydrogens is 284 g/mol. The molecule has 0 unspecified atom stereocenters. The van der Waals surface area contributed by atoms with E-state index in [4.69, 9.17) is 0 Å². The van der Waals surface area contributed by atoms with Gasteiger partial charge in [0.2, 0.25) is 0 Å². The number of anilines is 1. The Labute approximate surface area is 107 Å². The number of fused-ring (bicyclic) bond motifs is 1. The van der Waals surface area contributed by atoms with Gasteiger partial charge in [-0.15, -0.1) is 0 Å². The number of nitrogens with one attached hydrogen (secondary N) is 1. The SMILES string of the molecule is OC1CCN(c2ccnc3c(Br)n[nH]c23)CC1. The van der Waals surface area contributed by atoms with Gasteiger partial charge in [-0.1, -0.05) is 0 Å². The number of aromatic nitrogens is 3. The van der Waals surface area contributed by atoms with Crippen molar-refractivity contribution in [3.8, 4) is 0 Å². The maximum Gasteiger partial charge on any atom is 0.154 e. The Bertz CT molecular complexity index is 533. The number of aliphatic hydroxyl groups excluding tert-OH is 1. The highest BCUT2D eigenvalue weighted by Crippen LogP contribution is 2.29. The molecule has 17 heavy (non-hydrogen) atoms. The molecule has 1 aliphatic rings. The molecule has 0 radical (unpaired) electrons. The summed E-state index contributed by atoms with van der Waals surface area (Å²) in [5.41, 5.74) is 2.92. The number of pyridine rings is 1. The molecule has 5 nitrogen and oxygen atoms in total. The number of aliphatic hydroxyl groups is 1. The predicted molar refractivity (Wildman–Crippen MR) is 69.0 cm³/mol. The van der Waals surface area contributed by atoms with E-state index in [9.17, 15) is 5.11 Å². The lowest BCUT2D eigenvalue weighted by molar-refractivity contribution is 0.145. The van der Waals surface area contributed by atoms with Crippen LogP contribution in [0, 0.1) is 0 Å². The molecule has 6 heteroatoms. The summed E-state index contributed by atoms with van der Waals surface area (Å²) in [5, 5.41) is 16.6. The van der Waals surface area contributed by atoms with Crippen LogP contribution >= 0.6 is 15.9 Å². The van der Waals surface area contributed by atoms with Crippen LogP contribution in [-0.4, -0.2) is 39.5 Å². The monoisotopic (exact) mass is 296 g/mol. The van der Waals surface area contributed by atoms with Crippen molar-refractivity contribution in [2.24, 2.45) is 0 Å². The molecule has 1 fully saturated rings. The van der Waals surface area contributed by atoms with Gasteiger partial charge in [0.15, 0.2) is 4.60 Å². The van der Waals surface area contributed by atoms with Crippen molar-refractivity contribution in [3.63, 3.8) is 0 Å². The van der Waals surface area contributed by atoms with E-state index in [0.29, 0.717) is 0 Å². The lowest BCUT2D eigenvalue weighted by Crippen LogP contribution is -2.35. The summed E-state index contributed by atoms with van der Waals surface area (Å²) in [4.78, 5) is 6.56. The molecule has 3 rings (SSSR count). The maximum atomic E-state index is 9.52. The molecule has 0 aromatic carbocycles. The number of rotatable bonds is 1. The van der Waals surface area contributed by atoms with Crippen LogP contribution < -0.4 is 4.90 Å². The molecule has 2 N–H and O–H groups in total. The van der Waals surface area contributed by atoms with Crippen LogP contribution in [0.25, 0.3) is 11.0 Å². The summed E-state index contributed by atoms with van der Waals surface area (Å²) in [7, 11) is 0. The van der Waals surface area contributed by atoms with Gasteiger partial charge in [0.1, 0.15) is 11.0 Å². The molecule has 90 valence electrons. The van der Waals surface area contributed by atoms with Crippen molar-refractivity contribution in [3.05, 3.63) is 16.9 Å². The highest BCUT2D eigenvalue weighted by atomic mass is 79.9. The van der Waals surface area contributed by atoms with Crippen molar-refractivity contribution >= 4 is 32.7 Å². The second kappa shape index (κ2) is 4.27. The summed E-state index contributed by atoms with van der Waals surface area (Å²) < 4.78 is 0.742. The number of hydrogen-bond acceptors (Lipinski definition) is 4. The molecular formula is C11H13BrN4O. The van der Waals surface area contributed by atoms with Gasteiger partial charge in [0, 0.05) is 19.3 Å².